The van der Waals surface area contributed by atoms with E-state index < -0.39 is 36.1 Å². The predicted molar refractivity (Wildman–Crippen MR) is 233 cm³/mol. The summed E-state index contributed by atoms with van der Waals surface area (Å²) < 4.78 is 11.5. The van der Waals surface area contributed by atoms with Crippen molar-refractivity contribution in [2.75, 3.05) is 18.1 Å². The molecule has 4 aromatic carbocycles. The van der Waals surface area contributed by atoms with Gasteiger partial charge in [0.25, 0.3) is 0 Å². The second-order valence-corrected chi connectivity index (χ2v) is 15.6. The van der Waals surface area contributed by atoms with Gasteiger partial charge in [-0.15, -0.1) is 0 Å². The molecule has 0 spiro atoms. The van der Waals surface area contributed by atoms with Gasteiger partial charge in [-0.25, -0.2) is 9.59 Å². The van der Waals surface area contributed by atoms with Gasteiger partial charge in [0.1, 0.15) is 24.2 Å². The molecule has 4 atom stereocenters. The van der Waals surface area contributed by atoms with E-state index >= 15 is 0 Å². The second-order valence-electron chi connectivity index (χ2n) is 15.6. The molecule has 59 heavy (non-hydrogen) atoms. The molecule has 2 heterocycles. The first kappa shape index (κ1) is 42.8. The number of amides is 2. The summed E-state index contributed by atoms with van der Waals surface area (Å²) in [5.41, 5.74) is 2.41. The minimum Gasteiger partial charge on any atom is -0.464 e. The van der Waals surface area contributed by atoms with Gasteiger partial charge in [-0.2, -0.15) is 0 Å². The Morgan fingerprint density at radius 1 is 0.593 bits per heavy atom. The molecule has 1 aliphatic heterocycles. The van der Waals surface area contributed by atoms with Crippen molar-refractivity contribution in [3.8, 4) is 0 Å². The van der Waals surface area contributed by atoms with Crippen LogP contribution in [0.25, 0.3) is 21.5 Å². The minimum atomic E-state index is -0.944. The maximum Gasteiger partial charge on any atom is 0.328 e. The van der Waals surface area contributed by atoms with Crippen LogP contribution in [0, 0.1) is 0 Å². The van der Waals surface area contributed by atoms with Gasteiger partial charge in [0.2, 0.25) is 11.8 Å². The molecule has 2 amide bonds. The molecule has 10 heteroatoms. The molecule has 1 aliphatic rings. The zero-order chi connectivity index (χ0) is 41.4. The lowest BCUT2D eigenvalue weighted by molar-refractivity contribution is -0.148. The summed E-state index contributed by atoms with van der Waals surface area (Å²) in [6.07, 6.45) is 12.1. The van der Waals surface area contributed by atoms with Gasteiger partial charge < -0.3 is 25.0 Å². The Balaban J connectivity index is 1.21. The normalized spacial score (nSPS) is 16.1. The van der Waals surface area contributed by atoms with Crippen molar-refractivity contribution in [2.45, 2.75) is 115 Å². The largest absolute Gasteiger partial charge is 0.464 e. The number of unbranched alkanes of at least 4 members (excludes halogenated alkanes) is 6. The van der Waals surface area contributed by atoms with E-state index in [-0.39, 0.29) is 37.9 Å². The average Bonchev–Trinajstić information content (AvgIpc) is 3.72. The van der Waals surface area contributed by atoms with Crippen LogP contribution in [-0.2, 0) is 41.5 Å². The van der Waals surface area contributed by atoms with Crippen LogP contribution in [-0.4, -0.2) is 66.1 Å². The van der Waals surface area contributed by atoms with Crippen molar-refractivity contribution < 1.29 is 28.7 Å². The van der Waals surface area contributed by atoms with Crippen LogP contribution >= 0.6 is 0 Å². The molecular weight excluding hydrogens is 741 g/mol. The first-order valence-corrected chi connectivity index (χ1v) is 21.4. The molecule has 5 aromatic rings. The van der Waals surface area contributed by atoms with E-state index in [4.69, 9.17) is 9.47 Å². The number of carbonyl (C=O) groups is 4. The number of aromatic nitrogens is 1. The highest BCUT2D eigenvalue weighted by atomic mass is 16.5. The molecule has 0 radical (unpaired) electrons. The first-order valence-electron chi connectivity index (χ1n) is 21.4. The number of nitrogens with zero attached hydrogens (tertiary/aromatic N) is 2. The fraction of sp³-hybridized carbons (Fsp3) is 0.408. The van der Waals surface area contributed by atoms with Crippen molar-refractivity contribution in [2.24, 2.45) is 0 Å². The van der Waals surface area contributed by atoms with Gasteiger partial charge in [-0.1, -0.05) is 137 Å². The minimum absolute atomic E-state index is 0.243. The summed E-state index contributed by atoms with van der Waals surface area (Å²) in [7, 11) is 0. The number of esters is 2. The number of hydrogen-bond donors (Lipinski definition) is 2. The van der Waals surface area contributed by atoms with E-state index in [9.17, 15) is 19.2 Å². The number of fused-ring (bicyclic) bond motifs is 2. The van der Waals surface area contributed by atoms with Crippen LogP contribution in [0.2, 0.25) is 0 Å². The van der Waals surface area contributed by atoms with Crippen LogP contribution < -0.4 is 15.5 Å². The van der Waals surface area contributed by atoms with Gasteiger partial charge in [0.05, 0.1) is 13.2 Å². The molecule has 1 aromatic heterocycles. The summed E-state index contributed by atoms with van der Waals surface area (Å²) >= 11 is 0. The molecule has 1 fully saturated rings. The number of benzene rings is 4. The number of rotatable bonds is 21. The fourth-order valence-corrected chi connectivity index (χ4v) is 7.93. The fourth-order valence-electron chi connectivity index (χ4n) is 7.93. The zero-order valence-corrected chi connectivity index (χ0v) is 34.4. The molecule has 1 saturated heterocycles. The van der Waals surface area contributed by atoms with E-state index in [0.717, 1.165) is 84.0 Å². The molecule has 0 unspecified atom stereocenters. The van der Waals surface area contributed by atoms with Crippen LogP contribution in [0.3, 0.4) is 0 Å². The lowest BCUT2D eigenvalue weighted by Gasteiger charge is -2.32. The number of ether oxygens (including phenoxy) is 2. The summed E-state index contributed by atoms with van der Waals surface area (Å²) in [5, 5.41) is 10.3. The van der Waals surface area contributed by atoms with Gasteiger partial charge in [-0.3, -0.25) is 14.6 Å². The van der Waals surface area contributed by atoms with E-state index in [1.807, 2.05) is 84.9 Å². The molecule has 2 N–H and O–H groups in total. The summed E-state index contributed by atoms with van der Waals surface area (Å²) in [5.74, 6) is -1.75. The van der Waals surface area contributed by atoms with Gasteiger partial charge >= 0.3 is 11.9 Å². The maximum atomic E-state index is 14.4. The highest BCUT2D eigenvalue weighted by Crippen LogP contribution is 2.31. The highest BCUT2D eigenvalue weighted by Gasteiger charge is 2.43. The number of hydrogen-bond acceptors (Lipinski definition) is 8. The number of nitrogens with one attached hydrogen (secondary N) is 2. The Hall–Kier alpha value is -5.77. The molecule has 0 saturated carbocycles. The third kappa shape index (κ3) is 11.9. The Morgan fingerprint density at radius 2 is 1.03 bits per heavy atom. The van der Waals surface area contributed by atoms with Crippen molar-refractivity contribution in [3.63, 3.8) is 0 Å². The molecule has 6 rings (SSSR count). The number of pyridine rings is 1. The Labute approximate surface area is 348 Å². The Bertz CT molecular complexity index is 2030. The first-order chi connectivity index (χ1) is 28.8. The topological polar surface area (TPSA) is 127 Å². The summed E-state index contributed by atoms with van der Waals surface area (Å²) in [4.78, 5) is 62.2. The van der Waals surface area contributed by atoms with Gasteiger partial charge in [0, 0.05) is 30.9 Å². The SMILES string of the molecule is CCCCCCOC(=O)[C@H](Cc1ccc2ccccc2c1)NC(=O)[C@@H]1CC[C@@H](C(=O)N[C@@H](Cc2ccc3ccccc3c2)C(=O)OCCCCCC)N1c1ccncc1. The van der Waals surface area contributed by atoms with Crippen molar-refractivity contribution in [3.05, 3.63) is 121 Å². The molecule has 10 nitrogen and oxygen atoms in total. The van der Waals surface area contributed by atoms with Gasteiger partial charge in [-0.05, 0) is 70.5 Å². The average molecular weight is 799 g/mol. The standard InChI is InChI=1S/C49H58N4O6/c1-3-5-7-13-29-58-48(56)42(33-35-19-21-37-15-9-11-17-39(37)31-35)51-46(54)44-23-24-45(53(44)41-25-27-50-28-26-41)47(55)52-43(49(57)59-30-14-8-6-4-2)34-36-20-22-38-16-10-12-18-40(38)32-36/h9-12,15-22,25-28,31-32,42-45H,3-8,13-14,23-24,29-30,33-34H2,1-2H3,(H,51,54)(H,52,55)/t42-,43-,44-,45-/m0/s1. The maximum absolute atomic E-state index is 14.4. The third-order valence-corrected chi connectivity index (χ3v) is 11.1. The van der Waals surface area contributed by atoms with Gasteiger partial charge in [0.15, 0.2) is 0 Å². The molecular formula is C49H58N4O6. The van der Waals surface area contributed by atoms with Crippen LogP contribution in [0.4, 0.5) is 5.69 Å². The summed E-state index contributed by atoms with van der Waals surface area (Å²) in [6.45, 7) is 4.81. The van der Waals surface area contributed by atoms with Crippen LogP contribution in [0.15, 0.2) is 109 Å². The smallest absolute Gasteiger partial charge is 0.328 e. The van der Waals surface area contributed by atoms with E-state index in [1.165, 1.54) is 0 Å². The number of anilines is 1. The predicted octanol–water partition coefficient (Wildman–Crippen LogP) is 8.43. The van der Waals surface area contributed by atoms with Crippen molar-refractivity contribution in [1.82, 2.24) is 15.6 Å². The second kappa shape index (κ2) is 21.8. The Kier molecular flexibility index (Phi) is 15.9. The van der Waals surface area contributed by atoms with Crippen molar-refractivity contribution >= 4 is 51.0 Å². The zero-order valence-electron chi connectivity index (χ0n) is 34.4. The van der Waals surface area contributed by atoms with E-state index in [0.29, 0.717) is 18.5 Å². The van der Waals surface area contributed by atoms with Crippen LogP contribution in [0.1, 0.15) is 89.2 Å². The molecule has 0 bridgehead atoms. The van der Waals surface area contributed by atoms with Crippen LogP contribution in [0.5, 0.6) is 0 Å². The summed E-state index contributed by atoms with van der Waals surface area (Å²) in [6, 6.07) is 28.1. The molecule has 310 valence electrons. The lowest BCUT2D eigenvalue weighted by Crippen LogP contribution is -2.56. The monoisotopic (exact) mass is 798 g/mol. The van der Waals surface area contributed by atoms with E-state index in [2.05, 4.69) is 29.5 Å². The quantitative estimate of drug-likeness (QED) is 0.0560. The van der Waals surface area contributed by atoms with Crippen molar-refractivity contribution in [1.29, 1.82) is 0 Å². The Morgan fingerprint density at radius 3 is 1.47 bits per heavy atom. The highest BCUT2D eigenvalue weighted by molar-refractivity contribution is 5.96. The third-order valence-electron chi connectivity index (χ3n) is 11.1. The number of carbonyl (C=O) groups excluding carboxylic acids is 4. The van der Waals surface area contributed by atoms with E-state index in [1.54, 1.807) is 29.4 Å². The lowest BCUT2D eigenvalue weighted by atomic mass is 10.0. The molecule has 0 aliphatic carbocycles.